The Labute approximate surface area is 113 Å². The topological polar surface area (TPSA) is 12.0 Å². The minimum absolute atomic E-state index is 0.300. The van der Waals surface area contributed by atoms with Crippen LogP contribution in [0, 0.1) is 18.6 Å². The first-order valence-corrected chi connectivity index (χ1v) is 6.29. The van der Waals surface area contributed by atoms with Crippen molar-refractivity contribution in [2.45, 2.75) is 13.5 Å². The summed E-state index contributed by atoms with van der Waals surface area (Å²) in [5.41, 5.74) is 2.04. The SMILES string of the molecule is Cc1ccc(NCc2cc(F)cc(Br)c2)c(F)c1. The lowest BCUT2D eigenvalue weighted by Crippen LogP contribution is -2.02. The first-order chi connectivity index (χ1) is 8.54. The van der Waals surface area contributed by atoms with Crippen molar-refractivity contribution in [2.75, 3.05) is 5.32 Å². The van der Waals surface area contributed by atoms with Crippen LogP contribution < -0.4 is 5.32 Å². The molecule has 2 aromatic rings. The van der Waals surface area contributed by atoms with Gasteiger partial charge in [-0.05, 0) is 48.4 Å². The number of benzene rings is 2. The second-order valence-corrected chi connectivity index (χ2v) is 5.03. The third-order valence-corrected chi connectivity index (χ3v) is 2.99. The van der Waals surface area contributed by atoms with Crippen LogP contribution in [0.25, 0.3) is 0 Å². The van der Waals surface area contributed by atoms with Gasteiger partial charge in [0, 0.05) is 11.0 Å². The summed E-state index contributed by atoms with van der Waals surface area (Å²) in [6.07, 6.45) is 0. The number of hydrogen-bond acceptors (Lipinski definition) is 1. The predicted octanol–water partition coefficient (Wildman–Crippen LogP) is 4.65. The van der Waals surface area contributed by atoms with Crippen LogP contribution in [0.4, 0.5) is 14.5 Å². The molecule has 0 fully saturated rings. The Bertz CT molecular complexity index is 549. The standard InChI is InChI=1S/C14H12BrF2N/c1-9-2-3-14(13(17)4-9)18-8-10-5-11(15)7-12(16)6-10/h2-7,18H,8H2,1H3. The van der Waals surface area contributed by atoms with E-state index < -0.39 is 0 Å². The first kappa shape index (κ1) is 13.0. The number of aryl methyl sites for hydroxylation is 1. The van der Waals surface area contributed by atoms with E-state index in [0.717, 1.165) is 11.1 Å². The molecule has 0 radical (unpaired) electrons. The monoisotopic (exact) mass is 311 g/mol. The average molecular weight is 312 g/mol. The fourth-order valence-corrected chi connectivity index (χ4v) is 2.19. The van der Waals surface area contributed by atoms with Gasteiger partial charge in [0.2, 0.25) is 0 Å². The molecule has 0 aliphatic heterocycles. The second kappa shape index (κ2) is 5.48. The molecular formula is C14H12BrF2N. The Morgan fingerprint density at radius 2 is 1.89 bits per heavy atom. The fraction of sp³-hybridized carbons (Fsp3) is 0.143. The smallest absolute Gasteiger partial charge is 0.146 e. The lowest BCUT2D eigenvalue weighted by molar-refractivity contribution is 0.624. The highest BCUT2D eigenvalue weighted by Crippen LogP contribution is 2.18. The molecular weight excluding hydrogens is 300 g/mol. The van der Waals surface area contributed by atoms with Gasteiger partial charge in [0.25, 0.3) is 0 Å². The minimum Gasteiger partial charge on any atom is -0.379 e. The molecule has 0 amide bonds. The number of rotatable bonds is 3. The molecule has 4 heteroatoms. The van der Waals surface area contributed by atoms with E-state index in [1.165, 1.54) is 18.2 Å². The molecule has 18 heavy (non-hydrogen) atoms. The van der Waals surface area contributed by atoms with Crippen molar-refractivity contribution in [2.24, 2.45) is 0 Å². The van der Waals surface area contributed by atoms with Gasteiger partial charge in [0.1, 0.15) is 11.6 Å². The second-order valence-electron chi connectivity index (χ2n) is 4.11. The van der Waals surface area contributed by atoms with Crippen molar-refractivity contribution in [3.8, 4) is 0 Å². The summed E-state index contributed by atoms with van der Waals surface area (Å²) in [5.74, 6) is -0.615. The van der Waals surface area contributed by atoms with E-state index in [4.69, 9.17) is 0 Å². The Morgan fingerprint density at radius 3 is 2.56 bits per heavy atom. The molecule has 0 bridgehead atoms. The predicted molar refractivity (Wildman–Crippen MR) is 72.6 cm³/mol. The molecule has 0 atom stereocenters. The van der Waals surface area contributed by atoms with Gasteiger partial charge < -0.3 is 5.32 Å². The van der Waals surface area contributed by atoms with Crippen molar-refractivity contribution in [3.63, 3.8) is 0 Å². The molecule has 2 rings (SSSR count). The number of hydrogen-bond donors (Lipinski definition) is 1. The van der Waals surface area contributed by atoms with Crippen LogP contribution in [-0.2, 0) is 6.54 Å². The van der Waals surface area contributed by atoms with Crippen LogP contribution in [0.1, 0.15) is 11.1 Å². The van der Waals surface area contributed by atoms with Crippen LogP contribution in [-0.4, -0.2) is 0 Å². The lowest BCUT2D eigenvalue weighted by Gasteiger charge is -2.08. The van der Waals surface area contributed by atoms with E-state index in [1.54, 1.807) is 12.1 Å². The van der Waals surface area contributed by atoms with Gasteiger partial charge in [-0.1, -0.05) is 22.0 Å². The van der Waals surface area contributed by atoms with Crippen molar-refractivity contribution >= 4 is 21.6 Å². The van der Waals surface area contributed by atoms with Crippen LogP contribution in [0.3, 0.4) is 0 Å². The van der Waals surface area contributed by atoms with E-state index in [2.05, 4.69) is 21.2 Å². The molecule has 0 unspecified atom stereocenters. The Kier molecular flexibility index (Phi) is 3.97. The van der Waals surface area contributed by atoms with Crippen molar-refractivity contribution < 1.29 is 8.78 Å². The van der Waals surface area contributed by atoms with Gasteiger partial charge in [-0.25, -0.2) is 8.78 Å². The van der Waals surface area contributed by atoms with Gasteiger partial charge in [-0.2, -0.15) is 0 Å². The maximum Gasteiger partial charge on any atom is 0.146 e. The van der Waals surface area contributed by atoms with Gasteiger partial charge in [0.05, 0.1) is 5.69 Å². The van der Waals surface area contributed by atoms with E-state index >= 15 is 0 Å². The summed E-state index contributed by atoms with van der Waals surface area (Å²) in [6.45, 7) is 2.20. The van der Waals surface area contributed by atoms with E-state index in [-0.39, 0.29) is 11.6 Å². The summed E-state index contributed by atoms with van der Waals surface area (Å²) in [5, 5.41) is 2.95. The Hall–Kier alpha value is -1.42. The minimum atomic E-state index is -0.314. The molecule has 0 saturated carbocycles. The van der Waals surface area contributed by atoms with Crippen molar-refractivity contribution in [3.05, 3.63) is 63.6 Å². The third-order valence-electron chi connectivity index (χ3n) is 2.53. The molecule has 0 saturated heterocycles. The molecule has 1 N–H and O–H groups in total. The highest BCUT2D eigenvalue weighted by Gasteiger charge is 2.03. The van der Waals surface area contributed by atoms with Gasteiger partial charge in [0.15, 0.2) is 0 Å². The summed E-state index contributed by atoms with van der Waals surface area (Å²) in [4.78, 5) is 0. The summed E-state index contributed by atoms with van der Waals surface area (Å²) < 4.78 is 27.4. The van der Waals surface area contributed by atoms with E-state index in [0.29, 0.717) is 16.7 Å². The zero-order valence-corrected chi connectivity index (χ0v) is 11.4. The molecule has 0 heterocycles. The number of halogens is 3. The van der Waals surface area contributed by atoms with E-state index in [9.17, 15) is 8.78 Å². The largest absolute Gasteiger partial charge is 0.379 e. The number of anilines is 1. The van der Waals surface area contributed by atoms with Crippen LogP contribution in [0.15, 0.2) is 40.9 Å². The van der Waals surface area contributed by atoms with E-state index in [1.807, 2.05) is 13.0 Å². The average Bonchev–Trinajstić information content (AvgIpc) is 2.26. The lowest BCUT2D eigenvalue weighted by atomic mass is 10.2. The van der Waals surface area contributed by atoms with Gasteiger partial charge >= 0.3 is 0 Å². The molecule has 0 aliphatic carbocycles. The first-order valence-electron chi connectivity index (χ1n) is 5.49. The van der Waals surface area contributed by atoms with Crippen molar-refractivity contribution in [1.82, 2.24) is 0 Å². The summed E-state index contributed by atoms with van der Waals surface area (Å²) >= 11 is 3.22. The zero-order chi connectivity index (χ0) is 13.1. The highest BCUT2D eigenvalue weighted by molar-refractivity contribution is 9.10. The normalized spacial score (nSPS) is 10.4. The molecule has 94 valence electrons. The maximum atomic E-state index is 13.6. The highest BCUT2D eigenvalue weighted by atomic mass is 79.9. The van der Waals surface area contributed by atoms with Crippen LogP contribution in [0.2, 0.25) is 0 Å². The van der Waals surface area contributed by atoms with Crippen LogP contribution in [0.5, 0.6) is 0 Å². The number of nitrogens with one attached hydrogen (secondary N) is 1. The molecule has 0 aliphatic rings. The molecule has 0 spiro atoms. The third kappa shape index (κ3) is 3.29. The molecule has 1 nitrogen and oxygen atoms in total. The fourth-order valence-electron chi connectivity index (χ4n) is 1.67. The molecule has 2 aromatic carbocycles. The Morgan fingerprint density at radius 1 is 1.11 bits per heavy atom. The Balaban J connectivity index is 2.11. The summed E-state index contributed by atoms with van der Waals surface area (Å²) in [6, 6.07) is 9.57. The summed E-state index contributed by atoms with van der Waals surface area (Å²) in [7, 11) is 0. The van der Waals surface area contributed by atoms with Gasteiger partial charge in [-0.3, -0.25) is 0 Å². The zero-order valence-electron chi connectivity index (χ0n) is 9.81. The van der Waals surface area contributed by atoms with Gasteiger partial charge in [-0.15, -0.1) is 0 Å². The quantitative estimate of drug-likeness (QED) is 0.870. The van der Waals surface area contributed by atoms with Crippen molar-refractivity contribution in [1.29, 1.82) is 0 Å². The maximum absolute atomic E-state index is 13.6. The molecule has 0 aromatic heterocycles. The van der Waals surface area contributed by atoms with Crippen LogP contribution >= 0.6 is 15.9 Å².